The lowest BCUT2D eigenvalue weighted by molar-refractivity contribution is -0.274. The number of aromatic nitrogens is 3. The zero-order valence-corrected chi connectivity index (χ0v) is 17.6. The number of halogens is 3. The normalized spacial score (nSPS) is 10.9. The molecule has 13 heteroatoms. The Balaban J connectivity index is 0.000000231. The third kappa shape index (κ3) is 5.98. The summed E-state index contributed by atoms with van der Waals surface area (Å²) in [5.74, 6) is -2.53. The van der Waals surface area contributed by atoms with Crippen LogP contribution in [0.25, 0.3) is 16.8 Å². The minimum Gasteiger partial charge on any atom is -0.476 e. The van der Waals surface area contributed by atoms with E-state index in [4.69, 9.17) is 10.8 Å². The molecule has 33 heavy (non-hydrogen) atoms. The summed E-state index contributed by atoms with van der Waals surface area (Å²) in [5.41, 5.74) is 8.67. The Morgan fingerprint density at radius 3 is 2.42 bits per heavy atom. The lowest BCUT2D eigenvalue weighted by Crippen LogP contribution is -2.20. The zero-order valence-electron chi connectivity index (χ0n) is 16.8. The van der Waals surface area contributed by atoms with Gasteiger partial charge in [-0.25, -0.2) is 9.78 Å². The maximum Gasteiger partial charge on any atom is 0.573 e. The van der Waals surface area contributed by atoms with Gasteiger partial charge in [0.25, 0.3) is 5.91 Å². The van der Waals surface area contributed by atoms with Gasteiger partial charge in [0.05, 0.1) is 5.56 Å². The lowest BCUT2D eigenvalue weighted by atomic mass is 10.2. The van der Waals surface area contributed by atoms with Gasteiger partial charge in [0.1, 0.15) is 5.75 Å². The first-order chi connectivity index (χ1) is 15.5. The number of aromatic carboxylic acids is 1. The van der Waals surface area contributed by atoms with Crippen LogP contribution in [0.5, 0.6) is 5.75 Å². The topological polar surface area (TPSA) is 130 Å². The molecule has 0 aliphatic carbocycles. The standard InChI is InChI=1S/C12H7F3N2O4S.C8H8N3/c13-12(14,15)21-8-4-2-1-3-6(8)9(18)17-11-16-7(5-22-11)10(19)20;1-11-7-5-3-2-4-6(7)10-8(11)9/h1-5H,(H,19,20)(H,16,17,18);2-5H,1H3,(H-,9,10)/q;-1. The van der Waals surface area contributed by atoms with Crippen LogP contribution in [0.4, 0.5) is 24.3 Å². The molecule has 0 aliphatic rings. The highest BCUT2D eigenvalue weighted by Gasteiger charge is 2.33. The molecule has 1 amide bonds. The average Bonchev–Trinajstić information content (AvgIpc) is 3.33. The predicted molar refractivity (Wildman–Crippen MR) is 115 cm³/mol. The molecule has 0 atom stereocenters. The first-order valence-electron chi connectivity index (χ1n) is 9.03. The fourth-order valence-corrected chi connectivity index (χ4v) is 3.29. The average molecular weight is 478 g/mol. The molecule has 9 nitrogen and oxygen atoms in total. The van der Waals surface area contributed by atoms with E-state index in [1.54, 1.807) is 4.57 Å². The van der Waals surface area contributed by atoms with Crippen LogP contribution in [0.3, 0.4) is 0 Å². The molecule has 2 aromatic heterocycles. The van der Waals surface area contributed by atoms with Crippen molar-refractivity contribution in [2.45, 2.75) is 6.36 Å². The molecule has 0 saturated carbocycles. The molecule has 0 spiro atoms. The first kappa shape index (κ1) is 23.5. The molecule has 0 bridgehead atoms. The van der Waals surface area contributed by atoms with Gasteiger partial charge in [-0.3, -0.25) is 10.1 Å². The van der Waals surface area contributed by atoms with Gasteiger partial charge in [-0.1, -0.05) is 36.4 Å². The molecule has 3 N–H and O–H groups in total. The van der Waals surface area contributed by atoms with E-state index in [2.05, 4.69) is 20.0 Å². The van der Waals surface area contributed by atoms with Crippen LogP contribution in [0.1, 0.15) is 20.8 Å². The van der Waals surface area contributed by atoms with Crippen molar-refractivity contribution >= 4 is 45.3 Å². The lowest BCUT2D eigenvalue weighted by Gasteiger charge is -2.12. The summed E-state index contributed by atoms with van der Waals surface area (Å²) in [7, 11) is 1.84. The van der Waals surface area contributed by atoms with Gasteiger partial charge in [-0.15, -0.1) is 24.5 Å². The molecule has 4 rings (SSSR count). The van der Waals surface area contributed by atoms with Gasteiger partial charge in [0.15, 0.2) is 10.8 Å². The van der Waals surface area contributed by atoms with Gasteiger partial charge in [-0.05, 0) is 24.7 Å². The Bertz CT molecular complexity index is 1300. The van der Waals surface area contributed by atoms with Gasteiger partial charge >= 0.3 is 12.3 Å². The number of hydrogen-bond acceptors (Lipinski definition) is 6. The molecule has 0 fully saturated rings. The number of ether oxygens (including phenoxy) is 1. The Morgan fingerprint density at radius 2 is 1.79 bits per heavy atom. The maximum atomic E-state index is 12.3. The van der Waals surface area contributed by atoms with Crippen LogP contribution in [-0.4, -0.2) is 37.9 Å². The van der Waals surface area contributed by atoms with E-state index >= 15 is 0 Å². The highest BCUT2D eigenvalue weighted by molar-refractivity contribution is 7.14. The molecular weight excluding hydrogens is 463 g/mol. The van der Waals surface area contributed by atoms with Crippen LogP contribution in [0, 0.1) is 0 Å². The maximum absolute atomic E-state index is 12.3. The number of hydrogen-bond donors (Lipinski definition) is 2. The summed E-state index contributed by atoms with van der Waals surface area (Å²) in [4.78, 5) is 30.3. The van der Waals surface area contributed by atoms with Gasteiger partial charge in [-0.2, -0.15) is 0 Å². The molecule has 4 aromatic rings. The molecule has 0 radical (unpaired) electrons. The highest BCUT2D eigenvalue weighted by atomic mass is 32.1. The zero-order chi connectivity index (χ0) is 24.2. The van der Waals surface area contributed by atoms with Crippen LogP contribution >= 0.6 is 11.3 Å². The Hall–Kier alpha value is -4.13. The number of nitrogens with one attached hydrogen (secondary N) is 2. The summed E-state index contributed by atoms with van der Waals surface area (Å²) in [6, 6.07) is 12.5. The Kier molecular flexibility index (Phi) is 6.82. The first-order valence-corrected chi connectivity index (χ1v) is 9.91. The number of anilines is 1. The van der Waals surface area contributed by atoms with E-state index in [0.29, 0.717) is 5.95 Å². The summed E-state index contributed by atoms with van der Waals surface area (Å²) in [6.45, 7) is 0. The number of alkyl halides is 3. The molecule has 0 saturated heterocycles. The quantitative estimate of drug-likeness (QED) is 0.412. The number of para-hydroxylation sites is 3. The third-order valence-corrected chi connectivity index (χ3v) is 4.85. The van der Waals surface area contributed by atoms with E-state index in [9.17, 15) is 22.8 Å². The number of rotatable bonds is 4. The monoisotopic (exact) mass is 478 g/mol. The van der Waals surface area contributed by atoms with Crippen LogP contribution in [0.2, 0.25) is 0 Å². The Labute approximate surface area is 188 Å². The molecule has 172 valence electrons. The number of imidazole rings is 1. The minimum absolute atomic E-state index is 0.0517. The third-order valence-electron chi connectivity index (χ3n) is 4.09. The Morgan fingerprint density at radius 1 is 1.12 bits per heavy atom. The van der Waals surface area contributed by atoms with Crippen molar-refractivity contribution in [3.8, 4) is 5.75 Å². The van der Waals surface area contributed by atoms with Gasteiger partial charge < -0.3 is 25.1 Å². The number of carbonyl (C=O) groups is 2. The van der Waals surface area contributed by atoms with E-state index < -0.39 is 24.0 Å². The second-order valence-electron chi connectivity index (χ2n) is 6.32. The van der Waals surface area contributed by atoms with E-state index in [1.165, 1.54) is 17.5 Å². The van der Waals surface area contributed by atoms with Crippen LogP contribution in [-0.2, 0) is 7.05 Å². The number of aryl methyl sites for hydroxylation is 1. The second kappa shape index (κ2) is 9.56. The number of thiazole rings is 1. The summed E-state index contributed by atoms with van der Waals surface area (Å²) < 4.78 is 42.3. The number of carboxylic acids is 1. The number of benzene rings is 2. The molecule has 0 aliphatic heterocycles. The number of carboxylic acid groups (broad SMARTS) is 1. The van der Waals surface area contributed by atoms with Crippen molar-refractivity contribution in [1.29, 1.82) is 0 Å². The second-order valence-corrected chi connectivity index (χ2v) is 7.18. The number of amides is 1. The predicted octanol–water partition coefficient (Wildman–Crippen LogP) is 5.25. The van der Waals surface area contributed by atoms with Crippen molar-refractivity contribution in [3.05, 3.63) is 70.9 Å². The SMILES string of the molecule is Cn1c([NH-])nc2ccccc21.O=C(O)c1csc(NC(=O)c2ccccc2OC(F)(F)F)n1. The minimum atomic E-state index is -4.94. The van der Waals surface area contributed by atoms with Crippen molar-refractivity contribution in [2.24, 2.45) is 7.05 Å². The summed E-state index contributed by atoms with van der Waals surface area (Å²) in [5, 5.41) is 12.1. The van der Waals surface area contributed by atoms with Crippen molar-refractivity contribution in [3.63, 3.8) is 0 Å². The number of nitrogens with zero attached hydrogens (tertiary/aromatic N) is 3. The number of carbonyl (C=O) groups excluding carboxylic acids is 1. The fraction of sp³-hybridized carbons (Fsp3) is 0.100. The van der Waals surface area contributed by atoms with Crippen LogP contribution in [0.15, 0.2) is 53.9 Å². The molecule has 0 unspecified atom stereocenters. The summed E-state index contributed by atoms with van der Waals surface area (Å²) in [6.07, 6.45) is -4.94. The van der Waals surface area contributed by atoms with Crippen LogP contribution < -0.4 is 10.1 Å². The smallest absolute Gasteiger partial charge is 0.476 e. The van der Waals surface area contributed by atoms with Crippen molar-refractivity contribution in [2.75, 3.05) is 5.32 Å². The summed E-state index contributed by atoms with van der Waals surface area (Å²) >= 11 is 0.833. The number of fused-ring (bicyclic) bond motifs is 1. The molecule has 2 aromatic carbocycles. The molecule has 2 heterocycles. The van der Waals surface area contributed by atoms with E-state index in [1.807, 2.05) is 31.3 Å². The highest BCUT2D eigenvalue weighted by Crippen LogP contribution is 2.27. The van der Waals surface area contributed by atoms with Gasteiger partial charge in [0.2, 0.25) is 0 Å². The van der Waals surface area contributed by atoms with Gasteiger partial charge in [0, 0.05) is 16.8 Å². The fourth-order valence-electron chi connectivity index (χ4n) is 2.61. The van der Waals surface area contributed by atoms with E-state index in [0.717, 1.165) is 34.5 Å². The van der Waals surface area contributed by atoms with Crippen molar-refractivity contribution in [1.82, 2.24) is 14.5 Å². The van der Waals surface area contributed by atoms with Crippen molar-refractivity contribution < 1.29 is 32.6 Å². The molecular formula is C20H15F3N5O4S-. The van der Waals surface area contributed by atoms with E-state index in [-0.39, 0.29) is 16.4 Å². The largest absolute Gasteiger partial charge is 0.573 e.